The zero-order valence-corrected chi connectivity index (χ0v) is 13.1. The van der Waals surface area contributed by atoms with E-state index in [1.54, 1.807) is 0 Å². The normalized spacial score (nSPS) is 25.1. The molecule has 2 unspecified atom stereocenters. The van der Waals surface area contributed by atoms with Crippen LogP contribution < -0.4 is 0 Å². The molecule has 2 nitrogen and oxygen atoms in total. The van der Waals surface area contributed by atoms with E-state index in [4.69, 9.17) is 0 Å². The highest BCUT2D eigenvalue weighted by molar-refractivity contribution is 5.84. The molecule has 0 saturated carbocycles. The molecule has 0 heterocycles. The Bertz CT molecular complexity index is 343. The first-order valence-corrected chi connectivity index (χ1v) is 8.25. The number of carbonyl (C=O) groups is 1. The molecule has 0 fully saturated rings. The molecule has 20 heavy (non-hydrogen) atoms. The van der Waals surface area contributed by atoms with Crippen molar-refractivity contribution in [2.75, 3.05) is 0 Å². The number of aliphatic hydroxyl groups is 1. The standard InChI is InChI=1S/C18H30O2/c1-3-5-6-7-8-9-11-14-18(20)15-12-10-13-16(18)17(19)4-2/h10,12-13,15-16,20H,3-9,11,14H2,1-2H3. The van der Waals surface area contributed by atoms with Crippen LogP contribution in [-0.4, -0.2) is 16.5 Å². The predicted octanol–water partition coefficient (Wildman–Crippen LogP) is 4.58. The number of rotatable bonds is 10. The molecule has 0 radical (unpaired) electrons. The van der Waals surface area contributed by atoms with Gasteiger partial charge in [-0.15, -0.1) is 0 Å². The summed E-state index contributed by atoms with van der Waals surface area (Å²) in [6.07, 6.45) is 17.2. The second-order valence-corrected chi connectivity index (χ2v) is 5.90. The maximum Gasteiger partial charge on any atom is 0.142 e. The van der Waals surface area contributed by atoms with Crippen molar-refractivity contribution in [3.05, 3.63) is 24.3 Å². The van der Waals surface area contributed by atoms with Crippen molar-refractivity contribution in [2.24, 2.45) is 5.92 Å². The average molecular weight is 278 g/mol. The van der Waals surface area contributed by atoms with Gasteiger partial charge in [-0.25, -0.2) is 0 Å². The van der Waals surface area contributed by atoms with Crippen LogP contribution in [0.1, 0.15) is 71.6 Å². The summed E-state index contributed by atoms with van der Waals surface area (Å²) in [5.41, 5.74) is -0.953. The van der Waals surface area contributed by atoms with Gasteiger partial charge in [0.15, 0.2) is 0 Å². The molecule has 0 aromatic heterocycles. The van der Waals surface area contributed by atoms with Gasteiger partial charge < -0.3 is 5.11 Å². The summed E-state index contributed by atoms with van der Waals surface area (Å²) in [5, 5.41) is 10.7. The van der Waals surface area contributed by atoms with Crippen molar-refractivity contribution in [1.29, 1.82) is 0 Å². The summed E-state index contributed by atoms with van der Waals surface area (Å²) in [4.78, 5) is 11.9. The number of ketones is 1. The van der Waals surface area contributed by atoms with Crippen LogP contribution in [0.15, 0.2) is 24.3 Å². The zero-order valence-electron chi connectivity index (χ0n) is 13.1. The number of allylic oxidation sites excluding steroid dienone is 2. The molecular weight excluding hydrogens is 248 g/mol. The van der Waals surface area contributed by atoms with Crippen molar-refractivity contribution in [3.8, 4) is 0 Å². The molecule has 114 valence electrons. The van der Waals surface area contributed by atoms with Crippen molar-refractivity contribution in [2.45, 2.75) is 77.2 Å². The third kappa shape index (κ3) is 5.24. The van der Waals surface area contributed by atoms with Gasteiger partial charge >= 0.3 is 0 Å². The van der Waals surface area contributed by atoms with Crippen LogP contribution in [0.4, 0.5) is 0 Å². The number of hydrogen-bond donors (Lipinski definition) is 1. The van der Waals surface area contributed by atoms with Gasteiger partial charge in [-0.1, -0.05) is 83.1 Å². The molecule has 0 amide bonds. The van der Waals surface area contributed by atoms with E-state index < -0.39 is 5.60 Å². The maximum absolute atomic E-state index is 11.9. The summed E-state index contributed by atoms with van der Waals surface area (Å²) in [6, 6.07) is 0. The van der Waals surface area contributed by atoms with Gasteiger partial charge in [-0.3, -0.25) is 4.79 Å². The Kier molecular flexibility index (Phi) is 7.83. The summed E-state index contributed by atoms with van der Waals surface area (Å²) < 4.78 is 0. The van der Waals surface area contributed by atoms with Crippen LogP contribution in [0.5, 0.6) is 0 Å². The number of unbranched alkanes of at least 4 members (excludes halogenated alkanes) is 6. The monoisotopic (exact) mass is 278 g/mol. The summed E-state index contributed by atoms with van der Waals surface area (Å²) in [6.45, 7) is 4.09. The number of carbonyl (C=O) groups excluding carboxylic acids is 1. The predicted molar refractivity (Wildman–Crippen MR) is 84.6 cm³/mol. The molecule has 1 aliphatic rings. The van der Waals surface area contributed by atoms with Crippen molar-refractivity contribution in [3.63, 3.8) is 0 Å². The van der Waals surface area contributed by atoms with Crippen LogP contribution in [0.25, 0.3) is 0 Å². The van der Waals surface area contributed by atoms with Gasteiger partial charge in [-0.05, 0) is 6.42 Å². The van der Waals surface area contributed by atoms with E-state index in [0.717, 1.165) is 12.8 Å². The van der Waals surface area contributed by atoms with Crippen LogP contribution >= 0.6 is 0 Å². The highest BCUT2D eigenvalue weighted by atomic mass is 16.3. The van der Waals surface area contributed by atoms with E-state index in [2.05, 4.69) is 6.92 Å². The Morgan fingerprint density at radius 1 is 1.05 bits per heavy atom. The molecule has 1 rings (SSSR count). The Morgan fingerprint density at radius 3 is 2.35 bits per heavy atom. The lowest BCUT2D eigenvalue weighted by molar-refractivity contribution is -0.127. The summed E-state index contributed by atoms with van der Waals surface area (Å²) in [7, 11) is 0. The summed E-state index contributed by atoms with van der Waals surface area (Å²) in [5.74, 6) is -0.214. The van der Waals surface area contributed by atoms with E-state index in [-0.39, 0.29) is 11.7 Å². The Labute approximate surface area is 124 Å². The Hall–Kier alpha value is -0.890. The van der Waals surface area contributed by atoms with Gasteiger partial charge in [0, 0.05) is 6.42 Å². The van der Waals surface area contributed by atoms with Crippen LogP contribution in [0.3, 0.4) is 0 Å². The maximum atomic E-state index is 11.9. The van der Waals surface area contributed by atoms with Crippen LogP contribution in [0.2, 0.25) is 0 Å². The van der Waals surface area contributed by atoms with Gasteiger partial charge in [0.1, 0.15) is 5.78 Å². The van der Waals surface area contributed by atoms with E-state index >= 15 is 0 Å². The minimum Gasteiger partial charge on any atom is -0.385 e. The molecule has 2 heteroatoms. The first-order chi connectivity index (χ1) is 9.64. The molecule has 0 aromatic rings. The van der Waals surface area contributed by atoms with Gasteiger partial charge in [0.2, 0.25) is 0 Å². The lowest BCUT2D eigenvalue weighted by Gasteiger charge is -2.32. The molecule has 2 atom stereocenters. The molecule has 0 aromatic carbocycles. The van der Waals surface area contributed by atoms with Gasteiger partial charge in [0.25, 0.3) is 0 Å². The van der Waals surface area contributed by atoms with Crippen molar-refractivity contribution < 1.29 is 9.90 Å². The molecule has 1 aliphatic carbocycles. The van der Waals surface area contributed by atoms with Gasteiger partial charge in [-0.2, -0.15) is 0 Å². The molecule has 0 aliphatic heterocycles. The fourth-order valence-electron chi connectivity index (χ4n) is 2.88. The molecular formula is C18H30O2. The second kappa shape index (κ2) is 9.12. The van der Waals surface area contributed by atoms with Crippen molar-refractivity contribution in [1.82, 2.24) is 0 Å². The Morgan fingerprint density at radius 2 is 1.70 bits per heavy atom. The fourth-order valence-corrected chi connectivity index (χ4v) is 2.88. The molecule has 0 bridgehead atoms. The van der Waals surface area contributed by atoms with Crippen LogP contribution in [0, 0.1) is 5.92 Å². The number of Topliss-reactive ketones (excluding diaryl/α,β-unsaturated/α-hetero) is 1. The minimum absolute atomic E-state index is 0.135. The zero-order chi connectivity index (χ0) is 14.8. The van der Waals surface area contributed by atoms with Crippen molar-refractivity contribution >= 4 is 5.78 Å². The van der Waals surface area contributed by atoms with Crippen LogP contribution in [-0.2, 0) is 4.79 Å². The van der Waals surface area contributed by atoms with E-state index in [9.17, 15) is 9.90 Å². The SMILES string of the molecule is CCCCCCCCCC1(O)C=CC=CC1C(=O)CC. The average Bonchev–Trinajstić information content (AvgIpc) is 2.46. The Balaban J connectivity index is 2.34. The first kappa shape index (κ1) is 17.2. The lowest BCUT2D eigenvalue weighted by atomic mass is 9.77. The highest BCUT2D eigenvalue weighted by Crippen LogP contribution is 2.31. The van der Waals surface area contributed by atoms with Gasteiger partial charge in [0.05, 0.1) is 11.5 Å². The fraction of sp³-hybridized carbons (Fsp3) is 0.722. The lowest BCUT2D eigenvalue weighted by Crippen LogP contribution is -2.40. The molecule has 0 saturated heterocycles. The second-order valence-electron chi connectivity index (χ2n) is 5.90. The van der Waals surface area contributed by atoms with E-state index in [0.29, 0.717) is 12.8 Å². The quantitative estimate of drug-likeness (QED) is 0.594. The largest absolute Gasteiger partial charge is 0.385 e. The minimum atomic E-state index is -0.953. The topological polar surface area (TPSA) is 37.3 Å². The van der Waals surface area contributed by atoms with E-state index in [1.807, 2.05) is 31.2 Å². The number of hydrogen-bond acceptors (Lipinski definition) is 2. The molecule has 1 N–H and O–H groups in total. The van der Waals surface area contributed by atoms with E-state index in [1.165, 1.54) is 32.1 Å². The molecule has 0 spiro atoms. The summed E-state index contributed by atoms with van der Waals surface area (Å²) >= 11 is 0. The third-order valence-corrected chi connectivity index (χ3v) is 4.21. The third-order valence-electron chi connectivity index (χ3n) is 4.21. The highest BCUT2D eigenvalue weighted by Gasteiger charge is 2.37. The first-order valence-electron chi connectivity index (χ1n) is 8.25. The smallest absolute Gasteiger partial charge is 0.142 e.